The Bertz CT molecular complexity index is 784. The molecule has 2 rings (SSSR count). The number of carbonyl (C=O) groups is 1. The van der Waals surface area contributed by atoms with Gasteiger partial charge in [-0.15, -0.1) is 0 Å². The molecule has 0 atom stereocenters. The summed E-state index contributed by atoms with van der Waals surface area (Å²) in [6.07, 6.45) is 0. The van der Waals surface area contributed by atoms with Crippen molar-refractivity contribution in [3.05, 3.63) is 57.4 Å². The van der Waals surface area contributed by atoms with E-state index >= 15 is 0 Å². The number of nitrogens with zero attached hydrogens (tertiary/aromatic N) is 1. The van der Waals surface area contributed by atoms with E-state index < -0.39 is 23.3 Å². The monoisotopic (exact) mass is 354 g/mol. The third-order valence-corrected chi connectivity index (χ3v) is 3.24. The number of ether oxygens (including phenoxy) is 2. The van der Waals surface area contributed by atoms with Gasteiger partial charge in [0, 0.05) is 0 Å². The lowest BCUT2D eigenvalue weighted by molar-refractivity contribution is -0.385. The second kappa shape index (κ2) is 7.60. The molecule has 1 N–H and O–H groups in total. The maximum absolute atomic E-state index is 12.9. The van der Waals surface area contributed by atoms with Gasteiger partial charge in [0.25, 0.3) is 5.91 Å². The number of hydrogen-bond acceptors (Lipinski definition) is 5. The normalized spacial score (nSPS) is 10.1. The lowest BCUT2D eigenvalue weighted by Gasteiger charge is -2.09. The molecule has 0 aliphatic rings. The summed E-state index contributed by atoms with van der Waals surface area (Å²) < 4.78 is 23.0. The molecule has 0 fully saturated rings. The third-order valence-electron chi connectivity index (χ3n) is 2.93. The Kier molecular flexibility index (Phi) is 5.54. The summed E-state index contributed by atoms with van der Waals surface area (Å²) in [5.41, 5.74) is -0.127. The number of nitro groups is 1. The maximum atomic E-state index is 12.9. The van der Waals surface area contributed by atoms with E-state index in [-0.39, 0.29) is 27.9 Å². The highest BCUT2D eigenvalue weighted by molar-refractivity contribution is 6.33. The zero-order valence-electron chi connectivity index (χ0n) is 12.4. The molecule has 1 amide bonds. The zero-order chi connectivity index (χ0) is 17.7. The van der Waals surface area contributed by atoms with Crippen LogP contribution in [0.4, 0.5) is 15.8 Å². The molecule has 9 heteroatoms. The smallest absolute Gasteiger partial charge is 0.314 e. The SMILES string of the molecule is COc1ccc(OCC(=O)Nc2ccc(F)cc2Cl)c([N+](=O)[O-])c1. The molecule has 0 saturated carbocycles. The van der Waals surface area contributed by atoms with Gasteiger partial charge in [0.05, 0.1) is 28.8 Å². The molecule has 24 heavy (non-hydrogen) atoms. The van der Waals surface area contributed by atoms with Gasteiger partial charge in [-0.3, -0.25) is 14.9 Å². The van der Waals surface area contributed by atoms with Crippen LogP contribution in [0.1, 0.15) is 0 Å². The van der Waals surface area contributed by atoms with E-state index in [0.29, 0.717) is 0 Å². The summed E-state index contributed by atoms with van der Waals surface area (Å²) in [5, 5.41) is 13.5. The molecule has 2 aromatic rings. The lowest BCUT2D eigenvalue weighted by Crippen LogP contribution is -2.20. The van der Waals surface area contributed by atoms with Crippen molar-refractivity contribution >= 4 is 28.9 Å². The van der Waals surface area contributed by atoms with E-state index in [1.54, 1.807) is 0 Å². The Balaban J connectivity index is 2.05. The van der Waals surface area contributed by atoms with Crippen LogP contribution in [0.5, 0.6) is 11.5 Å². The van der Waals surface area contributed by atoms with Gasteiger partial charge >= 0.3 is 5.69 Å². The Labute approximate surface area is 141 Å². The molecule has 7 nitrogen and oxygen atoms in total. The summed E-state index contributed by atoms with van der Waals surface area (Å²) in [5.74, 6) is -0.936. The van der Waals surface area contributed by atoms with E-state index in [0.717, 1.165) is 12.1 Å². The lowest BCUT2D eigenvalue weighted by atomic mass is 10.3. The topological polar surface area (TPSA) is 90.7 Å². The molecule has 0 aliphatic carbocycles. The molecule has 2 aromatic carbocycles. The first-order valence-corrected chi connectivity index (χ1v) is 6.98. The fourth-order valence-corrected chi connectivity index (χ4v) is 2.02. The van der Waals surface area contributed by atoms with Crippen molar-refractivity contribution < 1.29 is 23.6 Å². The van der Waals surface area contributed by atoms with E-state index in [1.165, 1.54) is 31.4 Å². The molecule has 0 radical (unpaired) electrons. The molecule has 0 bridgehead atoms. The number of nitro benzene ring substituents is 1. The zero-order valence-corrected chi connectivity index (χ0v) is 13.2. The van der Waals surface area contributed by atoms with Gasteiger partial charge in [-0.2, -0.15) is 0 Å². The highest BCUT2D eigenvalue weighted by atomic mass is 35.5. The van der Waals surface area contributed by atoms with Gasteiger partial charge in [0.2, 0.25) is 0 Å². The van der Waals surface area contributed by atoms with E-state index in [4.69, 9.17) is 21.1 Å². The molecule has 0 saturated heterocycles. The van der Waals surface area contributed by atoms with Crippen molar-refractivity contribution in [1.82, 2.24) is 0 Å². The predicted octanol–water partition coefficient (Wildman–Crippen LogP) is 3.41. The van der Waals surface area contributed by atoms with Gasteiger partial charge in [-0.05, 0) is 30.3 Å². The largest absolute Gasteiger partial charge is 0.496 e. The van der Waals surface area contributed by atoms with Crippen LogP contribution in [0.3, 0.4) is 0 Å². The number of anilines is 1. The van der Waals surface area contributed by atoms with Crippen molar-refractivity contribution in [2.45, 2.75) is 0 Å². The Morgan fingerprint density at radius 3 is 2.71 bits per heavy atom. The van der Waals surface area contributed by atoms with Crippen LogP contribution in [0.15, 0.2) is 36.4 Å². The summed E-state index contributed by atoms with van der Waals surface area (Å²) in [4.78, 5) is 22.2. The highest BCUT2D eigenvalue weighted by Crippen LogP contribution is 2.31. The number of rotatable bonds is 6. The van der Waals surface area contributed by atoms with Crippen molar-refractivity contribution in [1.29, 1.82) is 0 Å². The minimum atomic E-state index is -0.646. The number of methoxy groups -OCH3 is 1. The fraction of sp³-hybridized carbons (Fsp3) is 0.133. The Hall–Kier alpha value is -2.87. The van der Waals surface area contributed by atoms with Crippen molar-refractivity contribution in [3.8, 4) is 11.5 Å². The standard InChI is InChI=1S/C15H12ClFN2O5/c1-23-10-3-5-14(13(7-10)19(21)22)24-8-15(20)18-12-4-2-9(17)6-11(12)16/h2-7H,8H2,1H3,(H,18,20). The summed E-state index contributed by atoms with van der Waals surface area (Å²) in [6, 6.07) is 7.46. The first-order chi connectivity index (χ1) is 11.4. The van der Waals surface area contributed by atoms with Gasteiger partial charge in [-0.25, -0.2) is 4.39 Å². The van der Waals surface area contributed by atoms with Gasteiger partial charge in [-0.1, -0.05) is 11.6 Å². The van der Waals surface area contributed by atoms with Crippen LogP contribution in [-0.4, -0.2) is 24.5 Å². The van der Waals surface area contributed by atoms with Crippen LogP contribution in [0.25, 0.3) is 0 Å². The molecular weight excluding hydrogens is 343 g/mol. The van der Waals surface area contributed by atoms with Crippen molar-refractivity contribution in [2.75, 3.05) is 19.0 Å². The second-order valence-electron chi connectivity index (χ2n) is 4.55. The maximum Gasteiger partial charge on any atom is 0.314 e. The van der Waals surface area contributed by atoms with E-state index in [9.17, 15) is 19.3 Å². The average Bonchev–Trinajstić information content (AvgIpc) is 2.55. The van der Waals surface area contributed by atoms with Gasteiger partial charge in [0.1, 0.15) is 11.6 Å². The predicted molar refractivity (Wildman–Crippen MR) is 85.2 cm³/mol. The van der Waals surface area contributed by atoms with E-state index in [1.807, 2.05) is 0 Å². The second-order valence-corrected chi connectivity index (χ2v) is 4.96. The first kappa shape index (κ1) is 17.5. The van der Waals surface area contributed by atoms with Crippen LogP contribution >= 0.6 is 11.6 Å². The number of hydrogen-bond donors (Lipinski definition) is 1. The number of amides is 1. The summed E-state index contributed by atoms with van der Waals surface area (Å²) in [7, 11) is 1.37. The van der Waals surface area contributed by atoms with Crippen LogP contribution in [0.2, 0.25) is 5.02 Å². The minimum Gasteiger partial charge on any atom is -0.496 e. The molecule has 0 heterocycles. The molecular formula is C15H12ClFN2O5. The minimum absolute atomic E-state index is 0.0266. The van der Waals surface area contributed by atoms with Crippen LogP contribution in [-0.2, 0) is 4.79 Å². The molecule has 0 aliphatic heterocycles. The average molecular weight is 355 g/mol. The number of carbonyl (C=O) groups excluding carboxylic acids is 1. The molecule has 126 valence electrons. The fourth-order valence-electron chi connectivity index (χ4n) is 1.81. The summed E-state index contributed by atoms with van der Waals surface area (Å²) in [6.45, 7) is -0.485. The number of benzene rings is 2. The quantitative estimate of drug-likeness (QED) is 0.634. The Morgan fingerprint density at radius 2 is 2.08 bits per heavy atom. The third kappa shape index (κ3) is 4.32. The van der Waals surface area contributed by atoms with Crippen LogP contribution in [0, 0.1) is 15.9 Å². The molecule has 0 unspecified atom stereocenters. The Morgan fingerprint density at radius 1 is 1.33 bits per heavy atom. The molecule has 0 aromatic heterocycles. The number of halogens is 2. The summed E-state index contributed by atoms with van der Waals surface area (Å²) >= 11 is 5.79. The van der Waals surface area contributed by atoms with Crippen molar-refractivity contribution in [2.24, 2.45) is 0 Å². The highest BCUT2D eigenvalue weighted by Gasteiger charge is 2.18. The van der Waals surface area contributed by atoms with Crippen LogP contribution < -0.4 is 14.8 Å². The first-order valence-electron chi connectivity index (χ1n) is 6.61. The van der Waals surface area contributed by atoms with E-state index in [2.05, 4.69) is 5.32 Å². The number of nitrogens with one attached hydrogen (secondary N) is 1. The van der Waals surface area contributed by atoms with Gasteiger partial charge in [0.15, 0.2) is 12.4 Å². The van der Waals surface area contributed by atoms with Gasteiger partial charge < -0.3 is 14.8 Å². The molecule has 0 spiro atoms. The van der Waals surface area contributed by atoms with Crippen molar-refractivity contribution in [3.63, 3.8) is 0 Å².